The zero-order valence-corrected chi connectivity index (χ0v) is 9.55. The van der Waals surface area contributed by atoms with Crippen LogP contribution in [0.15, 0.2) is 30.3 Å². The van der Waals surface area contributed by atoms with E-state index in [9.17, 15) is 8.78 Å². The Bertz CT molecular complexity index is 527. The smallest absolute Gasteiger partial charge is 0.134 e. The molecule has 0 atom stereocenters. The maximum absolute atomic E-state index is 13.8. The Labute approximate surface area is 98.7 Å². The van der Waals surface area contributed by atoms with Crippen molar-refractivity contribution in [2.45, 2.75) is 6.92 Å². The highest BCUT2D eigenvalue weighted by molar-refractivity contribution is 5.71. The lowest BCUT2D eigenvalue weighted by molar-refractivity contribution is 0.415. The number of hydrogen-bond donors (Lipinski definition) is 0. The minimum absolute atomic E-state index is 0.0794. The number of rotatable bonds is 2. The van der Waals surface area contributed by atoms with Gasteiger partial charge in [0.15, 0.2) is 0 Å². The van der Waals surface area contributed by atoms with E-state index >= 15 is 0 Å². The standard InChI is InChI=1S/C14H11F2O/c1-9-7-11(15)14(12(16)8-9)10-5-3-4-6-13(10)17-2/h3-5,7-8H,1-2H3. The van der Waals surface area contributed by atoms with Crippen LogP contribution in [0.25, 0.3) is 11.1 Å². The van der Waals surface area contributed by atoms with Crippen LogP contribution in [-0.4, -0.2) is 7.11 Å². The number of para-hydroxylation sites is 1. The lowest BCUT2D eigenvalue weighted by Gasteiger charge is -2.10. The van der Waals surface area contributed by atoms with Crippen molar-refractivity contribution in [1.29, 1.82) is 0 Å². The Balaban J connectivity index is 2.68. The largest absolute Gasteiger partial charge is 0.495 e. The van der Waals surface area contributed by atoms with Gasteiger partial charge in [-0.2, -0.15) is 0 Å². The highest BCUT2D eigenvalue weighted by Crippen LogP contribution is 2.33. The Morgan fingerprint density at radius 2 is 1.82 bits per heavy atom. The topological polar surface area (TPSA) is 9.23 Å². The molecular weight excluding hydrogens is 222 g/mol. The van der Waals surface area contributed by atoms with Crippen molar-refractivity contribution in [3.8, 4) is 16.9 Å². The second kappa shape index (κ2) is 4.53. The summed E-state index contributed by atoms with van der Waals surface area (Å²) in [5.74, 6) is -0.866. The van der Waals surface area contributed by atoms with Gasteiger partial charge in [0, 0.05) is 11.6 Å². The van der Waals surface area contributed by atoms with Gasteiger partial charge in [0.1, 0.15) is 17.4 Å². The Kier molecular flexibility index (Phi) is 3.09. The second-order valence-corrected chi connectivity index (χ2v) is 3.72. The van der Waals surface area contributed by atoms with Crippen molar-refractivity contribution in [3.05, 3.63) is 53.6 Å². The quantitative estimate of drug-likeness (QED) is 0.767. The normalized spacial score (nSPS) is 10.4. The number of halogens is 2. The maximum atomic E-state index is 13.8. The summed E-state index contributed by atoms with van der Waals surface area (Å²) >= 11 is 0. The van der Waals surface area contributed by atoms with Crippen LogP contribution >= 0.6 is 0 Å². The molecule has 0 aromatic heterocycles. The fourth-order valence-corrected chi connectivity index (χ4v) is 1.74. The average molecular weight is 233 g/mol. The molecule has 3 heteroatoms. The zero-order valence-electron chi connectivity index (χ0n) is 9.55. The molecule has 0 aliphatic carbocycles. The minimum Gasteiger partial charge on any atom is -0.495 e. The van der Waals surface area contributed by atoms with Crippen LogP contribution in [0.3, 0.4) is 0 Å². The van der Waals surface area contributed by atoms with Gasteiger partial charge < -0.3 is 4.74 Å². The summed E-state index contributed by atoms with van der Waals surface area (Å²) in [6.07, 6.45) is 0. The molecule has 0 spiro atoms. The van der Waals surface area contributed by atoms with Gasteiger partial charge in [0.2, 0.25) is 0 Å². The monoisotopic (exact) mass is 233 g/mol. The number of benzene rings is 2. The van der Waals surface area contributed by atoms with E-state index in [1.807, 2.05) is 0 Å². The summed E-state index contributed by atoms with van der Waals surface area (Å²) in [7, 11) is 1.44. The van der Waals surface area contributed by atoms with E-state index in [0.717, 1.165) is 0 Å². The number of ether oxygens (including phenoxy) is 1. The number of aryl methyl sites for hydroxylation is 1. The second-order valence-electron chi connectivity index (χ2n) is 3.72. The SMILES string of the molecule is COc1[c]cccc1-c1c(F)cc(C)cc1F. The lowest BCUT2D eigenvalue weighted by Crippen LogP contribution is -1.95. The van der Waals surface area contributed by atoms with E-state index in [2.05, 4.69) is 6.07 Å². The molecular formula is C14H11F2O. The third-order valence-corrected chi connectivity index (χ3v) is 2.48. The van der Waals surface area contributed by atoms with Crippen LogP contribution in [0.4, 0.5) is 8.78 Å². The molecule has 87 valence electrons. The third-order valence-electron chi connectivity index (χ3n) is 2.48. The molecule has 0 saturated heterocycles. The van der Waals surface area contributed by atoms with E-state index in [0.29, 0.717) is 16.9 Å². The van der Waals surface area contributed by atoms with Crippen molar-refractivity contribution in [2.24, 2.45) is 0 Å². The molecule has 2 aromatic rings. The van der Waals surface area contributed by atoms with E-state index in [1.165, 1.54) is 19.2 Å². The third kappa shape index (κ3) is 2.13. The fraction of sp³-hybridized carbons (Fsp3) is 0.143. The summed E-state index contributed by atoms with van der Waals surface area (Å²) in [4.78, 5) is 0. The van der Waals surface area contributed by atoms with E-state index in [4.69, 9.17) is 4.74 Å². The van der Waals surface area contributed by atoms with Crippen LogP contribution in [0, 0.1) is 24.6 Å². The minimum atomic E-state index is -0.597. The van der Waals surface area contributed by atoms with Crippen LogP contribution < -0.4 is 4.74 Å². The van der Waals surface area contributed by atoms with E-state index in [-0.39, 0.29) is 5.56 Å². The van der Waals surface area contributed by atoms with Gasteiger partial charge in [-0.15, -0.1) is 0 Å². The fourth-order valence-electron chi connectivity index (χ4n) is 1.74. The summed E-state index contributed by atoms with van der Waals surface area (Å²) in [6.45, 7) is 1.64. The van der Waals surface area contributed by atoms with Crippen LogP contribution in [0.5, 0.6) is 5.75 Å². The molecule has 0 aliphatic heterocycles. The molecule has 0 fully saturated rings. The van der Waals surface area contributed by atoms with Crippen LogP contribution in [0.2, 0.25) is 0 Å². The van der Waals surface area contributed by atoms with Gasteiger partial charge in [-0.05, 0) is 24.6 Å². The van der Waals surface area contributed by atoms with Gasteiger partial charge in [0.25, 0.3) is 0 Å². The van der Waals surface area contributed by atoms with Gasteiger partial charge >= 0.3 is 0 Å². The van der Waals surface area contributed by atoms with Crippen molar-refractivity contribution < 1.29 is 13.5 Å². The molecule has 0 heterocycles. The van der Waals surface area contributed by atoms with E-state index < -0.39 is 11.6 Å². The zero-order chi connectivity index (χ0) is 12.4. The van der Waals surface area contributed by atoms with Crippen molar-refractivity contribution in [1.82, 2.24) is 0 Å². The summed E-state index contributed by atoms with van der Waals surface area (Å²) < 4.78 is 32.7. The Morgan fingerprint density at radius 3 is 2.41 bits per heavy atom. The maximum Gasteiger partial charge on any atom is 0.134 e. The molecule has 0 saturated carbocycles. The Hall–Kier alpha value is -1.90. The molecule has 0 amide bonds. The first-order chi connectivity index (χ1) is 8.13. The molecule has 1 nitrogen and oxygen atoms in total. The average Bonchev–Trinajstić information content (AvgIpc) is 2.28. The first-order valence-electron chi connectivity index (χ1n) is 5.14. The summed E-state index contributed by atoms with van der Waals surface area (Å²) in [5.41, 5.74) is 0.830. The molecule has 17 heavy (non-hydrogen) atoms. The van der Waals surface area contributed by atoms with Gasteiger partial charge in [0.05, 0.1) is 12.7 Å². The van der Waals surface area contributed by atoms with E-state index in [1.54, 1.807) is 25.1 Å². The predicted octanol–water partition coefficient (Wildman–Crippen LogP) is 3.75. The molecule has 2 rings (SSSR count). The van der Waals surface area contributed by atoms with Crippen LogP contribution in [-0.2, 0) is 0 Å². The summed E-state index contributed by atoms with van der Waals surface area (Å²) in [5, 5.41) is 0. The first kappa shape index (κ1) is 11.6. The molecule has 2 aromatic carbocycles. The first-order valence-corrected chi connectivity index (χ1v) is 5.14. The van der Waals surface area contributed by atoms with Crippen molar-refractivity contribution in [3.63, 3.8) is 0 Å². The van der Waals surface area contributed by atoms with Gasteiger partial charge in [-0.3, -0.25) is 0 Å². The molecule has 0 N–H and O–H groups in total. The highest BCUT2D eigenvalue weighted by Gasteiger charge is 2.15. The van der Waals surface area contributed by atoms with Crippen LogP contribution in [0.1, 0.15) is 5.56 Å². The number of methoxy groups -OCH3 is 1. The highest BCUT2D eigenvalue weighted by atomic mass is 19.1. The molecule has 0 unspecified atom stereocenters. The predicted molar refractivity (Wildman–Crippen MR) is 61.9 cm³/mol. The van der Waals surface area contributed by atoms with Gasteiger partial charge in [-0.1, -0.05) is 18.2 Å². The summed E-state index contributed by atoms with van der Waals surface area (Å²) in [6, 6.07) is 10.3. The van der Waals surface area contributed by atoms with Gasteiger partial charge in [-0.25, -0.2) is 8.78 Å². The number of hydrogen-bond acceptors (Lipinski definition) is 1. The molecule has 0 aliphatic rings. The Morgan fingerprint density at radius 1 is 1.18 bits per heavy atom. The van der Waals surface area contributed by atoms with Crippen molar-refractivity contribution in [2.75, 3.05) is 7.11 Å². The lowest BCUT2D eigenvalue weighted by atomic mass is 10.0. The molecule has 0 bridgehead atoms. The molecule has 1 radical (unpaired) electrons. The van der Waals surface area contributed by atoms with Crippen molar-refractivity contribution >= 4 is 0 Å².